The summed E-state index contributed by atoms with van der Waals surface area (Å²) in [5, 5.41) is 0. The third-order valence-electron chi connectivity index (χ3n) is 2.55. The number of pyridine rings is 1. The molecule has 0 aliphatic carbocycles. The van der Waals surface area contributed by atoms with Gasteiger partial charge in [-0.25, -0.2) is 4.98 Å². The Kier molecular flexibility index (Phi) is 2.54. The van der Waals surface area contributed by atoms with E-state index in [1.807, 2.05) is 12.1 Å². The molecular weight excluding hydrogens is 176 g/mol. The zero-order valence-corrected chi connectivity index (χ0v) is 8.19. The standard InChI is InChI=1S/C10H16N4/c11-8-3-4-10(13-6-8)14-5-1-2-9(12)7-14/h3-4,6,9H,1-2,5,7,11-12H2. The first-order valence-corrected chi connectivity index (χ1v) is 4.98. The fourth-order valence-corrected chi connectivity index (χ4v) is 1.80. The van der Waals surface area contributed by atoms with E-state index in [0.717, 1.165) is 31.7 Å². The van der Waals surface area contributed by atoms with Gasteiger partial charge in [-0.3, -0.25) is 0 Å². The fraction of sp³-hybridized carbons (Fsp3) is 0.500. The average molecular weight is 192 g/mol. The maximum atomic E-state index is 5.90. The molecule has 1 unspecified atom stereocenters. The van der Waals surface area contributed by atoms with Crippen LogP contribution in [0.2, 0.25) is 0 Å². The summed E-state index contributed by atoms with van der Waals surface area (Å²) >= 11 is 0. The zero-order valence-electron chi connectivity index (χ0n) is 8.19. The SMILES string of the molecule is Nc1ccc(N2CCCC(N)C2)nc1. The van der Waals surface area contributed by atoms with Crippen molar-refractivity contribution in [1.82, 2.24) is 4.98 Å². The first kappa shape index (κ1) is 9.27. The molecule has 2 heterocycles. The van der Waals surface area contributed by atoms with Crippen LogP contribution in [0.5, 0.6) is 0 Å². The Bertz CT molecular complexity index is 295. The van der Waals surface area contributed by atoms with Crippen molar-refractivity contribution in [2.24, 2.45) is 5.73 Å². The van der Waals surface area contributed by atoms with Crippen molar-refractivity contribution < 1.29 is 0 Å². The molecule has 4 N–H and O–H groups in total. The van der Waals surface area contributed by atoms with Crippen molar-refractivity contribution in [2.45, 2.75) is 18.9 Å². The lowest BCUT2D eigenvalue weighted by Gasteiger charge is -2.31. The van der Waals surface area contributed by atoms with E-state index < -0.39 is 0 Å². The van der Waals surface area contributed by atoms with Crippen LogP contribution in [0.1, 0.15) is 12.8 Å². The number of nitrogens with two attached hydrogens (primary N) is 2. The van der Waals surface area contributed by atoms with Gasteiger partial charge in [-0.2, -0.15) is 0 Å². The van der Waals surface area contributed by atoms with E-state index >= 15 is 0 Å². The fourth-order valence-electron chi connectivity index (χ4n) is 1.80. The molecule has 4 heteroatoms. The monoisotopic (exact) mass is 192 g/mol. The molecule has 1 aliphatic heterocycles. The number of hydrogen-bond donors (Lipinski definition) is 2. The highest BCUT2D eigenvalue weighted by molar-refractivity contribution is 5.46. The van der Waals surface area contributed by atoms with Gasteiger partial charge >= 0.3 is 0 Å². The molecule has 2 rings (SSSR count). The van der Waals surface area contributed by atoms with E-state index in [4.69, 9.17) is 11.5 Å². The maximum absolute atomic E-state index is 5.90. The number of aromatic nitrogens is 1. The van der Waals surface area contributed by atoms with Crippen molar-refractivity contribution in [3.63, 3.8) is 0 Å². The van der Waals surface area contributed by atoms with Crippen LogP contribution in [0.25, 0.3) is 0 Å². The lowest BCUT2D eigenvalue weighted by Crippen LogP contribution is -2.43. The maximum Gasteiger partial charge on any atom is 0.128 e. The molecular formula is C10H16N4. The number of anilines is 2. The van der Waals surface area contributed by atoms with Gasteiger partial charge in [-0.1, -0.05) is 0 Å². The molecule has 0 spiro atoms. The molecule has 1 fully saturated rings. The van der Waals surface area contributed by atoms with Gasteiger partial charge in [0.05, 0.1) is 11.9 Å². The van der Waals surface area contributed by atoms with E-state index in [1.165, 1.54) is 0 Å². The molecule has 0 saturated carbocycles. The van der Waals surface area contributed by atoms with Gasteiger partial charge in [0.15, 0.2) is 0 Å². The summed E-state index contributed by atoms with van der Waals surface area (Å²) in [6, 6.07) is 4.11. The minimum atomic E-state index is 0.281. The summed E-state index contributed by atoms with van der Waals surface area (Å²) in [6.45, 7) is 1.95. The molecule has 76 valence electrons. The topological polar surface area (TPSA) is 68.2 Å². The van der Waals surface area contributed by atoms with Crippen molar-refractivity contribution in [3.8, 4) is 0 Å². The highest BCUT2D eigenvalue weighted by Crippen LogP contribution is 2.17. The highest BCUT2D eigenvalue weighted by Gasteiger charge is 2.17. The van der Waals surface area contributed by atoms with E-state index in [2.05, 4.69) is 9.88 Å². The number of nitrogen functional groups attached to an aromatic ring is 1. The minimum Gasteiger partial charge on any atom is -0.397 e. The molecule has 0 radical (unpaired) electrons. The van der Waals surface area contributed by atoms with Gasteiger partial charge in [0.2, 0.25) is 0 Å². The van der Waals surface area contributed by atoms with Gasteiger partial charge < -0.3 is 16.4 Å². The molecule has 1 atom stereocenters. The molecule has 0 bridgehead atoms. The van der Waals surface area contributed by atoms with Crippen LogP contribution in [0, 0.1) is 0 Å². The number of hydrogen-bond acceptors (Lipinski definition) is 4. The predicted octanol–water partition coefficient (Wildman–Crippen LogP) is 0.591. The molecule has 1 aromatic heterocycles. The van der Waals surface area contributed by atoms with Crippen molar-refractivity contribution in [1.29, 1.82) is 0 Å². The summed E-state index contributed by atoms with van der Waals surface area (Å²) < 4.78 is 0. The van der Waals surface area contributed by atoms with Gasteiger partial charge in [-0.15, -0.1) is 0 Å². The quantitative estimate of drug-likeness (QED) is 0.683. The van der Waals surface area contributed by atoms with E-state index in [0.29, 0.717) is 5.69 Å². The number of nitrogens with zero attached hydrogens (tertiary/aromatic N) is 2. The molecule has 1 aromatic rings. The van der Waals surface area contributed by atoms with Crippen LogP contribution in [-0.2, 0) is 0 Å². The van der Waals surface area contributed by atoms with Crippen LogP contribution >= 0.6 is 0 Å². The third-order valence-corrected chi connectivity index (χ3v) is 2.55. The molecule has 4 nitrogen and oxygen atoms in total. The van der Waals surface area contributed by atoms with Crippen LogP contribution in [0.3, 0.4) is 0 Å². The van der Waals surface area contributed by atoms with Crippen molar-refractivity contribution >= 4 is 11.5 Å². The predicted molar refractivity (Wildman–Crippen MR) is 58.1 cm³/mol. The highest BCUT2D eigenvalue weighted by atomic mass is 15.2. The van der Waals surface area contributed by atoms with E-state index in [-0.39, 0.29) is 6.04 Å². The van der Waals surface area contributed by atoms with Crippen LogP contribution in [0.4, 0.5) is 11.5 Å². The van der Waals surface area contributed by atoms with Gasteiger partial charge in [-0.05, 0) is 25.0 Å². The molecule has 0 amide bonds. The Balaban J connectivity index is 2.10. The van der Waals surface area contributed by atoms with E-state index in [1.54, 1.807) is 6.20 Å². The molecule has 1 aliphatic rings. The summed E-state index contributed by atoms with van der Waals surface area (Å²) in [7, 11) is 0. The molecule has 0 aromatic carbocycles. The minimum absolute atomic E-state index is 0.281. The normalized spacial score (nSPS) is 22.4. The Labute approximate surface area is 83.9 Å². The second-order valence-electron chi connectivity index (χ2n) is 3.80. The lowest BCUT2D eigenvalue weighted by atomic mass is 10.1. The average Bonchev–Trinajstić information content (AvgIpc) is 2.19. The second-order valence-corrected chi connectivity index (χ2v) is 3.80. The Morgan fingerprint density at radius 2 is 2.29 bits per heavy atom. The summed E-state index contributed by atoms with van der Waals surface area (Å²) in [4.78, 5) is 6.50. The first-order chi connectivity index (χ1) is 6.75. The Morgan fingerprint density at radius 1 is 1.43 bits per heavy atom. The number of piperidine rings is 1. The second kappa shape index (κ2) is 3.84. The Hall–Kier alpha value is -1.29. The smallest absolute Gasteiger partial charge is 0.128 e. The third kappa shape index (κ3) is 1.96. The van der Waals surface area contributed by atoms with Gasteiger partial charge in [0.1, 0.15) is 5.82 Å². The zero-order chi connectivity index (χ0) is 9.97. The lowest BCUT2D eigenvalue weighted by molar-refractivity contribution is 0.503. The van der Waals surface area contributed by atoms with Gasteiger partial charge in [0, 0.05) is 19.1 Å². The van der Waals surface area contributed by atoms with Crippen molar-refractivity contribution in [2.75, 3.05) is 23.7 Å². The Morgan fingerprint density at radius 3 is 2.93 bits per heavy atom. The molecule has 1 saturated heterocycles. The van der Waals surface area contributed by atoms with Crippen molar-refractivity contribution in [3.05, 3.63) is 18.3 Å². The largest absolute Gasteiger partial charge is 0.397 e. The van der Waals surface area contributed by atoms with Crippen LogP contribution in [-0.4, -0.2) is 24.1 Å². The summed E-state index contributed by atoms with van der Waals surface area (Å²) in [6.07, 6.45) is 3.95. The van der Waals surface area contributed by atoms with Crippen LogP contribution < -0.4 is 16.4 Å². The first-order valence-electron chi connectivity index (χ1n) is 4.98. The number of rotatable bonds is 1. The van der Waals surface area contributed by atoms with Crippen LogP contribution in [0.15, 0.2) is 18.3 Å². The summed E-state index contributed by atoms with van der Waals surface area (Å²) in [5.41, 5.74) is 12.2. The summed E-state index contributed by atoms with van der Waals surface area (Å²) in [5.74, 6) is 0.981. The molecule has 14 heavy (non-hydrogen) atoms. The van der Waals surface area contributed by atoms with E-state index in [9.17, 15) is 0 Å². The van der Waals surface area contributed by atoms with Gasteiger partial charge in [0.25, 0.3) is 0 Å².